The van der Waals surface area contributed by atoms with Gasteiger partial charge in [0.05, 0.1) is 17.9 Å². The molecule has 0 atom stereocenters. The standard InChI is InChI=1S/C23H24N4O2/c1-15(2)27-23-18-9-5-4-8-17(18)14-26(21(29)13-12-16(3)28)20-11-7-6-10-19(20)22(23)24-25-27/h4-11,15H,12-14H2,1-3H3. The molecule has 1 aliphatic rings. The number of carbonyl (C=O) groups is 2. The lowest BCUT2D eigenvalue weighted by molar-refractivity contribution is -0.123. The largest absolute Gasteiger partial charge is 0.307 e. The summed E-state index contributed by atoms with van der Waals surface area (Å²) in [6.45, 7) is 6.12. The SMILES string of the molecule is CC(=O)CCC(=O)N1Cc2ccccc2-c2c(nnn2C(C)C)-c2ccccc21. The van der Waals surface area contributed by atoms with Crippen LogP contribution in [0.3, 0.4) is 0 Å². The maximum absolute atomic E-state index is 13.1. The Morgan fingerprint density at radius 3 is 2.41 bits per heavy atom. The van der Waals surface area contributed by atoms with Crippen LogP contribution < -0.4 is 4.90 Å². The highest BCUT2D eigenvalue weighted by Crippen LogP contribution is 2.41. The molecule has 0 unspecified atom stereocenters. The van der Waals surface area contributed by atoms with Crippen LogP contribution in [0.5, 0.6) is 0 Å². The second-order valence-corrected chi connectivity index (χ2v) is 7.68. The fraction of sp³-hybridized carbons (Fsp3) is 0.304. The van der Waals surface area contributed by atoms with Crippen LogP contribution in [0.4, 0.5) is 5.69 Å². The van der Waals surface area contributed by atoms with Crippen LogP contribution >= 0.6 is 0 Å². The Labute approximate surface area is 170 Å². The molecule has 1 aromatic heterocycles. The molecule has 1 aliphatic heterocycles. The minimum Gasteiger partial charge on any atom is -0.307 e. The van der Waals surface area contributed by atoms with Crippen LogP contribution in [0.1, 0.15) is 45.2 Å². The van der Waals surface area contributed by atoms with Crippen molar-refractivity contribution in [1.29, 1.82) is 0 Å². The van der Waals surface area contributed by atoms with Crippen molar-refractivity contribution in [3.8, 4) is 22.5 Å². The first-order valence-corrected chi connectivity index (χ1v) is 9.90. The van der Waals surface area contributed by atoms with E-state index in [9.17, 15) is 9.59 Å². The molecule has 148 valence electrons. The zero-order valence-electron chi connectivity index (χ0n) is 16.9. The van der Waals surface area contributed by atoms with Gasteiger partial charge in [0.2, 0.25) is 5.91 Å². The number of nitrogens with zero attached hydrogens (tertiary/aromatic N) is 4. The number of amides is 1. The van der Waals surface area contributed by atoms with E-state index in [1.54, 1.807) is 4.90 Å². The summed E-state index contributed by atoms with van der Waals surface area (Å²) in [6, 6.07) is 16.0. The number of fused-ring (bicyclic) bond motifs is 5. The lowest BCUT2D eigenvalue weighted by Crippen LogP contribution is -2.32. The number of carbonyl (C=O) groups excluding carboxylic acids is 2. The molecule has 6 heteroatoms. The highest BCUT2D eigenvalue weighted by molar-refractivity contribution is 6.01. The number of para-hydroxylation sites is 1. The Morgan fingerprint density at radius 1 is 1.00 bits per heavy atom. The fourth-order valence-corrected chi connectivity index (χ4v) is 3.78. The van der Waals surface area contributed by atoms with Crippen molar-refractivity contribution < 1.29 is 9.59 Å². The first-order chi connectivity index (χ1) is 14.0. The van der Waals surface area contributed by atoms with Crippen LogP contribution in [0, 0.1) is 0 Å². The van der Waals surface area contributed by atoms with Gasteiger partial charge in [0.15, 0.2) is 0 Å². The topological polar surface area (TPSA) is 68.1 Å². The van der Waals surface area contributed by atoms with Gasteiger partial charge in [0.1, 0.15) is 11.5 Å². The summed E-state index contributed by atoms with van der Waals surface area (Å²) in [5.74, 6) is -0.0524. The molecule has 2 aromatic carbocycles. The molecule has 0 saturated carbocycles. The van der Waals surface area contributed by atoms with E-state index >= 15 is 0 Å². The quantitative estimate of drug-likeness (QED) is 0.664. The molecular formula is C23H24N4O2. The molecule has 29 heavy (non-hydrogen) atoms. The number of benzene rings is 2. The summed E-state index contributed by atoms with van der Waals surface area (Å²) >= 11 is 0. The molecule has 0 spiro atoms. The van der Waals surface area contributed by atoms with Gasteiger partial charge >= 0.3 is 0 Å². The third kappa shape index (κ3) is 3.46. The van der Waals surface area contributed by atoms with Gasteiger partial charge in [-0.25, -0.2) is 4.68 Å². The zero-order chi connectivity index (χ0) is 20.5. The average molecular weight is 388 g/mol. The predicted molar refractivity (Wildman–Crippen MR) is 112 cm³/mol. The van der Waals surface area contributed by atoms with Gasteiger partial charge in [-0.05, 0) is 32.4 Å². The number of hydrogen-bond donors (Lipinski definition) is 0. The number of aromatic nitrogens is 3. The summed E-state index contributed by atoms with van der Waals surface area (Å²) in [5, 5.41) is 8.94. The summed E-state index contributed by atoms with van der Waals surface area (Å²) in [6.07, 6.45) is 0.436. The molecule has 0 aliphatic carbocycles. The van der Waals surface area contributed by atoms with Crippen LogP contribution in [0.2, 0.25) is 0 Å². The van der Waals surface area contributed by atoms with E-state index in [0.29, 0.717) is 6.54 Å². The molecule has 4 rings (SSSR count). The van der Waals surface area contributed by atoms with Gasteiger partial charge < -0.3 is 9.69 Å². The third-order valence-corrected chi connectivity index (χ3v) is 5.23. The van der Waals surface area contributed by atoms with Gasteiger partial charge in [0.25, 0.3) is 0 Å². The lowest BCUT2D eigenvalue weighted by Gasteiger charge is -2.28. The molecular weight excluding hydrogens is 364 g/mol. The zero-order valence-corrected chi connectivity index (χ0v) is 16.9. The predicted octanol–water partition coefficient (Wildman–Crippen LogP) is 4.41. The third-order valence-electron chi connectivity index (χ3n) is 5.23. The van der Waals surface area contributed by atoms with Gasteiger partial charge in [0, 0.05) is 30.0 Å². The first kappa shape index (κ1) is 19.1. The molecule has 0 saturated heterocycles. The Kier molecular flexibility index (Phi) is 5.01. The molecule has 0 fully saturated rings. The van der Waals surface area contributed by atoms with E-state index in [2.05, 4.69) is 30.2 Å². The van der Waals surface area contributed by atoms with E-state index < -0.39 is 0 Å². The molecule has 3 aromatic rings. The fourth-order valence-electron chi connectivity index (χ4n) is 3.78. The van der Waals surface area contributed by atoms with E-state index in [4.69, 9.17) is 0 Å². The summed E-state index contributed by atoms with van der Waals surface area (Å²) < 4.78 is 1.94. The van der Waals surface area contributed by atoms with E-state index in [1.165, 1.54) is 6.92 Å². The minimum absolute atomic E-state index is 0.0150. The molecule has 1 amide bonds. The van der Waals surface area contributed by atoms with Crippen molar-refractivity contribution >= 4 is 17.4 Å². The molecule has 0 N–H and O–H groups in total. The maximum Gasteiger partial charge on any atom is 0.227 e. The Morgan fingerprint density at radius 2 is 1.69 bits per heavy atom. The first-order valence-electron chi connectivity index (χ1n) is 9.90. The van der Waals surface area contributed by atoms with Crippen molar-refractivity contribution in [2.45, 2.75) is 46.2 Å². The van der Waals surface area contributed by atoms with Crippen molar-refractivity contribution in [1.82, 2.24) is 15.0 Å². The molecule has 0 radical (unpaired) electrons. The van der Waals surface area contributed by atoms with E-state index in [-0.39, 0.29) is 30.6 Å². The number of rotatable bonds is 4. The highest BCUT2D eigenvalue weighted by atomic mass is 16.2. The molecule has 0 bridgehead atoms. The Bertz CT molecular complexity index is 1080. The monoisotopic (exact) mass is 388 g/mol. The van der Waals surface area contributed by atoms with Crippen LogP contribution in [-0.2, 0) is 16.1 Å². The average Bonchev–Trinajstić information content (AvgIpc) is 3.14. The van der Waals surface area contributed by atoms with E-state index in [1.807, 2.05) is 47.1 Å². The molecule has 6 nitrogen and oxygen atoms in total. The number of anilines is 1. The smallest absolute Gasteiger partial charge is 0.227 e. The summed E-state index contributed by atoms with van der Waals surface area (Å²) in [4.78, 5) is 26.3. The van der Waals surface area contributed by atoms with Gasteiger partial charge in [-0.3, -0.25) is 4.79 Å². The number of hydrogen-bond acceptors (Lipinski definition) is 4. The van der Waals surface area contributed by atoms with Crippen molar-refractivity contribution in [3.05, 3.63) is 54.1 Å². The lowest BCUT2D eigenvalue weighted by atomic mass is 9.95. The normalized spacial score (nSPS) is 12.6. The maximum atomic E-state index is 13.1. The highest BCUT2D eigenvalue weighted by Gasteiger charge is 2.29. The minimum atomic E-state index is -0.0674. The second kappa shape index (κ2) is 7.62. The van der Waals surface area contributed by atoms with Gasteiger partial charge in [-0.1, -0.05) is 47.7 Å². The number of ketones is 1. The van der Waals surface area contributed by atoms with Crippen molar-refractivity contribution in [2.75, 3.05) is 4.90 Å². The van der Waals surface area contributed by atoms with Crippen molar-refractivity contribution in [2.24, 2.45) is 0 Å². The van der Waals surface area contributed by atoms with Crippen LogP contribution in [-0.4, -0.2) is 26.7 Å². The van der Waals surface area contributed by atoms with Gasteiger partial charge in [-0.2, -0.15) is 0 Å². The van der Waals surface area contributed by atoms with Crippen molar-refractivity contribution in [3.63, 3.8) is 0 Å². The molecule has 2 heterocycles. The summed E-state index contributed by atoms with van der Waals surface area (Å²) in [5.41, 5.74) is 5.47. The van der Waals surface area contributed by atoms with Crippen LogP contribution in [0.15, 0.2) is 48.5 Å². The summed E-state index contributed by atoms with van der Waals surface area (Å²) in [7, 11) is 0. The number of Topliss-reactive ketones (excluding diaryl/α,β-unsaturated/α-hetero) is 1. The Balaban J connectivity index is 1.94. The Hall–Kier alpha value is -3.28. The van der Waals surface area contributed by atoms with Crippen LogP contribution in [0.25, 0.3) is 22.5 Å². The second-order valence-electron chi connectivity index (χ2n) is 7.68. The van der Waals surface area contributed by atoms with E-state index in [0.717, 1.165) is 33.8 Å². The van der Waals surface area contributed by atoms with Gasteiger partial charge in [-0.15, -0.1) is 5.10 Å².